The van der Waals surface area contributed by atoms with Gasteiger partial charge in [0.1, 0.15) is 5.78 Å². The summed E-state index contributed by atoms with van der Waals surface area (Å²) in [5.74, 6) is 0.196. The summed E-state index contributed by atoms with van der Waals surface area (Å²) in [5.41, 5.74) is 4.65. The molecule has 0 aromatic heterocycles. The first kappa shape index (κ1) is 13.3. The Balaban J connectivity index is 2.35. The van der Waals surface area contributed by atoms with E-state index in [2.05, 4.69) is 29.2 Å². The molecule has 0 N–H and O–H groups in total. The van der Waals surface area contributed by atoms with E-state index in [1.807, 2.05) is 38.4 Å². The van der Waals surface area contributed by atoms with Gasteiger partial charge in [0.15, 0.2) is 0 Å². The minimum atomic E-state index is 0.196. The third-order valence-corrected chi connectivity index (χ3v) is 3.10. The first-order valence-corrected chi connectivity index (χ1v) is 6.43. The normalized spacial score (nSPS) is 10.3. The van der Waals surface area contributed by atoms with Crippen LogP contribution in [0, 0.1) is 0 Å². The summed E-state index contributed by atoms with van der Waals surface area (Å²) in [4.78, 5) is 13.2. The van der Waals surface area contributed by atoms with Gasteiger partial charge >= 0.3 is 0 Å². The number of para-hydroxylation sites is 1. The lowest BCUT2D eigenvalue weighted by atomic mass is 10.0. The molecule has 0 radical (unpaired) electrons. The second-order valence-electron chi connectivity index (χ2n) is 4.99. The Labute approximate surface area is 114 Å². The van der Waals surface area contributed by atoms with Gasteiger partial charge < -0.3 is 4.90 Å². The molecule has 0 fully saturated rings. The Bertz CT molecular complexity index is 570. The molecule has 2 rings (SSSR count). The number of Topliss-reactive ketones (excluding diaryl/α,β-unsaturated/α-hetero) is 1. The maximum atomic E-state index is 11.1. The molecule has 2 nitrogen and oxygen atoms in total. The molecule has 2 heteroatoms. The van der Waals surface area contributed by atoms with Gasteiger partial charge in [-0.1, -0.05) is 42.5 Å². The minimum Gasteiger partial charge on any atom is -0.377 e. The lowest BCUT2D eigenvalue weighted by molar-refractivity contribution is -0.116. The van der Waals surface area contributed by atoms with Crippen LogP contribution in [0.5, 0.6) is 0 Å². The summed E-state index contributed by atoms with van der Waals surface area (Å²) in [6, 6.07) is 16.6. The molecule has 2 aromatic rings. The second-order valence-corrected chi connectivity index (χ2v) is 4.99. The molecular weight excluding hydrogens is 234 g/mol. The van der Waals surface area contributed by atoms with Crippen molar-refractivity contribution in [2.24, 2.45) is 0 Å². The van der Waals surface area contributed by atoms with Gasteiger partial charge in [0, 0.05) is 31.8 Å². The molecule has 98 valence electrons. The average Bonchev–Trinajstić information content (AvgIpc) is 2.39. The number of ketones is 1. The molecule has 0 saturated carbocycles. The van der Waals surface area contributed by atoms with Crippen LogP contribution in [0.15, 0.2) is 48.5 Å². The van der Waals surface area contributed by atoms with Crippen molar-refractivity contribution in [3.8, 4) is 11.1 Å². The van der Waals surface area contributed by atoms with Crippen LogP contribution in [0.2, 0.25) is 0 Å². The fraction of sp³-hybridized carbons (Fsp3) is 0.235. The first-order valence-electron chi connectivity index (χ1n) is 6.43. The Morgan fingerprint density at radius 1 is 1.00 bits per heavy atom. The summed E-state index contributed by atoms with van der Waals surface area (Å²) in [6.45, 7) is 1.62. The molecule has 0 saturated heterocycles. The minimum absolute atomic E-state index is 0.196. The molecule has 2 aromatic carbocycles. The highest BCUT2D eigenvalue weighted by atomic mass is 16.1. The molecule has 19 heavy (non-hydrogen) atoms. The molecule has 0 aliphatic heterocycles. The molecular formula is C17H19NO. The Hall–Kier alpha value is -2.09. The molecule has 0 aliphatic carbocycles. The number of benzene rings is 2. The van der Waals surface area contributed by atoms with Crippen LogP contribution in [0.3, 0.4) is 0 Å². The number of hydrogen-bond donors (Lipinski definition) is 0. The summed E-state index contributed by atoms with van der Waals surface area (Å²) in [5, 5.41) is 0. The van der Waals surface area contributed by atoms with Crippen molar-refractivity contribution in [2.45, 2.75) is 13.3 Å². The number of nitrogens with zero attached hydrogens (tertiary/aromatic N) is 1. The van der Waals surface area contributed by atoms with Gasteiger partial charge in [-0.2, -0.15) is 0 Å². The van der Waals surface area contributed by atoms with E-state index in [4.69, 9.17) is 0 Å². The van der Waals surface area contributed by atoms with Crippen LogP contribution < -0.4 is 4.90 Å². The van der Waals surface area contributed by atoms with Gasteiger partial charge in [-0.15, -0.1) is 0 Å². The second kappa shape index (κ2) is 5.70. The first-order chi connectivity index (χ1) is 9.08. The lowest BCUT2D eigenvalue weighted by Crippen LogP contribution is -2.09. The van der Waals surface area contributed by atoms with E-state index in [-0.39, 0.29) is 5.78 Å². The maximum Gasteiger partial charge on any atom is 0.134 e. The van der Waals surface area contributed by atoms with Crippen LogP contribution in [0.25, 0.3) is 11.1 Å². The molecule has 0 bridgehead atoms. The fourth-order valence-corrected chi connectivity index (χ4v) is 2.20. The Kier molecular flexibility index (Phi) is 4.00. The monoisotopic (exact) mass is 253 g/mol. The van der Waals surface area contributed by atoms with E-state index in [1.54, 1.807) is 6.92 Å². The van der Waals surface area contributed by atoms with E-state index in [0.29, 0.717) is 6.42 Å². The number of hydrogen-bond acceptors (Lipinski definition) is 2. The van der Waals surface area contributed by atoms with Crippen molar-refractivity contribution in [2.75, 3.05) is 19.0 Å². The number of carbonyl (C=O) groups is 1. The van der Waals surface area contributed by atoms with Gasteiger partial charge in [-0.25, -0.2) is 0 Å². The Morgan fingerprint density at radius 2 is 1.63 bits per heavy atom. The zero-order chi connectivity index (χ0) is 13.8. The van der Waals surface area contributed by atoms with E-state index in [0.717, 1.165) is 5.56 Å². The van der Waals surface area contributed by atoms with Gasteiger partial charge in [0.2, 0.25) is 0 Å². The SMILES string of the molecule is CC(=O)Cc1ccc(-c2ccccc2N(C)C)cc1. The molecule has 0 spiro atoms. The standard InChI is InChI=1S/C17H19NO/c1-13(19)12-14-8-10-15(11-9-14)16-6-4-5-7-17(16)18(2)3/h4-11H,12H2,1-3H3. The van der Waals surface area contributed by atoms with Crippen LogP contribution in [0.1, 0.15) is 12.5 Å². The van der Waals surface area contributed by atoms with Crippen LogP contribution in [-0.2, 0) is 11.2 Å². The van der Waals surface area contributed by atoms with Crippen molar-refractivity contribution >= 4 is 11.5 Å². The van der Waals surface area contributed by atoms with E-state index < -0.39 is 0 Å². The smallest absolute Gasteiger partial charge is 0.134 e. The van der Waals surface area contributed by atoms with Crippen molar-refractivity contribution < 1.29 is 4.79 Å². The highest BCUT2D eigenvalue weighted by Crippen LogP contribution is 2.29. The summed E-state index contributed by atoms with van der Waals surface area (Å²) < 4.78 is 0. The van der Waals surface area contributed by atoms with Crippen LogP contribution in [0.4, 0.5) is 5.69 Å². The zero-order valence-electron chi connectivity index (χ0n) is 11.7. The van der Waals surface area contributed by atoms with Gasteiger partial charge in [-0.3, -0.25) is 4.79 Å². The van der Waals surface area contributed by atoms with Crippen molar-refractivity contribution in [1.82, 2.24) is 0 Å². The number of carbonyl (C=O) groups excluding carboxylic acids is 1. The predicted molar refractivity (Wildman–Crippen MR) is 80.6 cm³/mol. The van der Waals surface area contributed by atoms with Gasteiger partial charge in [0.05, 0.1) is 0 Å². The topological polar surface area (TPSA) is 20.3 Å². The third-order valence-electron chi connectivity index (χ3n) is 3.10. The number of anilines is 1. The molecule has 0 aliphatic rings. The average molecular weight is 253 g/mol. The molecule has 0 atom stereocenters. The van der Waals surface area contributed by atoms with Crippen LogP contribution in [-0.4, -0.2) is 19.9 Å². The van der Waals surface area contributed by atoms with Crippen molar-refractivity contribution in [3.63, 3.8) is 0 Å². The summed E-state index contributed by atoms with van der Waals surface area (Å²) in [7, 11) is 4.09. The number of rotatable bonds is 4. The predicted octanol–water partition coefficient (Wildman–Crippen LogP) is 3.55. The van der Waals surface area contributed by atoms with E-state index >= 15 is 0 Å². The van der Waals surface area contributed by atoms with E-state index in [1.165, 1.54) is 16.8 Å². The lowest BCUT2D eigenvalue weighted by Gasteiger charge is -2.17. The summed E-state index contributed by atoms with van der Waals surface area (Å²) >= 11 is 0. The fourth-order valence-electron chi connectivity index (χ4n) is 2.20. The highest BCUT2D eigenvalue weighted by Gasteiger charge is 2.06. The quantitative estimate of drug-likeness (QED) is 0.830. The van der Waals surface area contributed by atoms with Gasteiger partial charge in [-0.05, 0) is 24.1 Å². The van der Waals surface area contributed by atoms with Crippen molar-refractivity contribution in [1.29, 1.82) is 0 Å². The molecule has 0 heterocycles. The van der Waals surface area contributed by atoms with Gasteiger partial charge in [0.25, 0.3) is 0 Å². The Morgan fingerprint density at radius 3 is 2.21 bits per heavy atom. The largest absolute Gasteiger partial charge is 0.377 e. The van der Waals surface area contributed by atoms with Crippen LogP contribution >= 0.6 is 0 Å². The molecule has 0 unspecified atom stereocenters. The van der Waals surface area contributed by atoms with Crippen molar-refractivity contribution in [3.05, 3.63) is 54.1 Å². The maximum absolute atomic E-state index is 11.1. The summed E-state index contributed by atoms with van der Waals surface area (Å²) in [6.07, 6.45) is 0.510. The van der Waals surface area contributed by atoms with E-state index in [9.17, 15) is 4.79 Å². The zero-order valence-corrected chi connectivity index (χ0v) is 11.7. The molecule has 0 amide bonds. The third kappa shape index (κ3) is 3.22. The highest BCUT2D eigenvalue weighted by molar-refractivity contribution is 5.80.